The van der Waals surface area contributed by atoms with Gasteiger partial charge in [0.15, 0.2) is 6.10 Å². The number of unbranched alkanes of at least 4 members (excludes halogenated alkanes) is 2. The normalized spacial score (nSPS) is 14.3. The molecule has 27 heavy (non-hydrogen) atoms. The van der Waals surface area contributed by atoms with Crippen LogP contribution in [0.5, 0.6) is 0 Å². The van der Waals surface area contributed by atoms with Crippen molar-refractivity contribution in [2.45, 2.75) is 72.4 Å². The van der Waals surface area contributed by atoms with Crippen LogP contribution in [0.2, 0.25) is 0 Å². The van der Waals surface area contributed by atoms with Crippen LogP contribution in [0.3, 0.4) is 0 Å². The second-order valence-corrected chi connectivity index (χ2v) is 8.27. The standard InChI is InChI=1S/C21H33N3O3/c1-5-6-7-10-16(21(2,3)4)13-14-27-20(26)19(25)15-24-22-17-11-8-9-12-18(17)23-24/h8-9,11-12,16,19,25H,5-7,10,13-15H2,1-4H3. The van der Waals surface area contributed by atoms with E-state index in [1.54, 1.807) is 0 Å². The van der Waals surface area contributed by atoms with Gasteiger partial charge in [0, 0.05) is 0 Å². The Hall–Kier alpha value is -1.95. The van der Waals surface area contributed by atoms with Crippen molar-refractivity contribution in [1.29, 1.82) is 0 Å². The van der Waals surface area contributed by atoms with Crippen LogP contribution in [0.4, 0.5) is 0 Å². The average Bonchev–Trinajstić information content (AvgIpc) is 3.01. The Labute approximate surface area is 161 Å². The Bertz CT molecular complexity index is 688. The van der Waals surface area contributed by atoms with Gasteiger partial charge in [-0.1, -0.05) is 59.1 Å². The summed E-state index contributed by atoms with van der Waals surface area (Å²) in [5.41, 5.74) is 1.65. The number of carbonyl (C=O) groups excluding carboxylic acids is 1. The molecule has 0 aliphatic carbocycles. The van der Waals surface area contributed by atoms with Crippen LogP contribution in [-0.2, 0) is 16.1 Å². The van der Waals surface area contributed by atoms with E-state index in [2.05, 4.69) is 37.9 Å². The van der Waals surface area contributed by atoms with Crippen molar-refractivity contribution in [2.75, 3.05) is 6.61 Å². The van der Waals surface area contributed by atoms with Gasteiger partial charge in [-0.25, -0.2) is 4.79 Å². The Morgan fingerprint density at radius 3 is 2.33 bits per heavy atom. The monoisotopic (exact) mass is 375 g/mol. The van der Waals surface area contributed by atoms with Crippen molar-refractivity contribution in [2.24, 2.45) is 11.3 Å². The number of hydrogen-bond acceptors (Lipinski definition) is 5. The fraction of sp³-hybridized carbons (Fsp3) is 0.667. The number of aliphatic hydroxyl groups excluding tert-OH is 1. The lowest BCUT2D eigenvalue weighted by atomic mass is 9.76. The van der Waals surface area contributed by atoms with Crippen LogP contribution < -0.4 is 0 Å². The van der Waals surface area contributed by atoms with E-state index in [9.17, 15) is 9.90 Å². The minimum atomic E-state index is -1.26. The van der Waals surface area contributed by atoms with Gasteiger partial charge in [-0.2, -0.15) is 15.0 Å². The number of rotatable bonds is 10. The van der Waals surface area contributed by atoms with Crippen molar-refractivity contribution in [3.8, 4) is 0 Å². The number of nitrogens with zero attached hydrogens (tertiary/aromatic N) is 3. The molecule has 2 rings (SSSR count). The molecule has 0 saturated heterocycles. The Kier molecular flexibility index (Phi) is 7.78. The molecule has 2 unspecified atom stereocenters. The molecule has 6 nitrogen and oxygen atoms in total. The number of carbonyl (C=O) groups is 1. The molecule has 0 radical (unpaired) electrons. The molecule has 1 N–H and O–H groups in total. The third kappa shape index (κ3) is 6.61. The van der Waals surface area contributed by atoms with Gasteiger partial charge in [-0.05, 0) is 36.3 Å². The average molecular weight is 376 g/mol. The van der Waals surface area contributed by atoms with Gasteiger partial charge in [-0.15, -0.1) is 0 Å². The largest absolute Gasteiger partial charge is 0.464 e. The van der Waals surface area contributed by atoms with Crippen LogP contribution in [0.1, 0.15) is 59.8 Å². The quantitative estimate of drug-likeness (QED) is 0.502. The third-order valence-electron chi connectivity index (χ3n) is 5.03. The lowest BCUT2D eigenvalue weighted by Gasteiger charge is -2.31. The number of aromatic nitrogens is 3. The van der Waals surface area contributed by atoms with Gasteiger partial charge in [0.05, 0.1) is 13.2 Å². The van der Waals surface area contributed by atoms with E-state index in [0.717, 1.165) is 23.9 Å². The van der Waals surface area contributed by atoms with E-state index < -0.39 is 12.1 Å². The molecule has 0 spiro atoms. The summed E-state index contributed by atoms with van der Waals surface area (Å²) in [5, 5.41) is 18.6. The van der Waals surface area contributed by atoms with Crippen molar-refractivity contribution < 1.29 is 14.6 Å². The summed E-state index contributed by atoms with van der Waals surface area (Å²) < 4.78 is 5.32. The van der Waals surface area contributed by atoms with Crippen LogP contribution in [0.15, 0.2) is 24.3 Å². The summed E-state index contributed by atoms with van der Waals surface area (Å²) >= 11 is 0. The SMILES string of the molecule is CCCCCC(CCOC(=O)C(O)Cn1nc2ccccc2n1)C(C)(C)C. The molecule has 0 aliphatic rings. The minimum Gasteiger partial charge on any atom is -0.464 e. The molecular formula is C21H33N3O3. The van der Waals surface area contributed by atoms with Crippen molar-refractivity contribution >= 4 is 17.0 Å². The summed E-state index contributed by atoms with van der Waals surface area (Å²) in [5.74, 6) is -0.121. The fourth-order valence-corrected chi connectivity index (χ4v) is 3.26. The van der Waals surface area contributed by atoms with Gasteiger partial charge in [-0.3, -0.25) is 0 Å². The zero-order valence-corrected chi connectivity index (χ0v) is 17.0. The van der Waals surface area contributed by atoms with E-state index in [1.807, 2.05) is 24.3 Å². The first-order chi connectivity index (χ1) is 12.8. The fourth-order valence-electron chi connectivity index (χ4n) is 3.26. The second kappa shape index (κ2) is 9.83. The highest BCUT2D eigenvalue weighted by atomic mass is 16.5. The van der Waals surface area contributed by atoms with E-state index in [1.165, 1.54) is 24.1 Å². The van der Waals surface area contributed by atoms with Crippen LogP contribution in [0.25, 0.3) is 11.0 Å². The molecule has 1 aromatic heterocycles. The van der Waals surface area contributed by atoms with Gasteiger partial charge in [0.2, 0.25) is 0 Å². The number of aliphatic hydroxyl groups is 1. The topological polar surface area (TPSA) is 77.2 Å². The minimum absolute atomic E-state index is 0.00723. The van der Waals surface area contributed by atoms with Gasteiger partial charge in [0.1, 0.15) is 11.0 Å². The number of benzene rings is 1. The van der Waals surface area contributed by atoms with E-state index in [-0.39, 0.29) is 12.0 Å². The summed E-state index contributed by atoms with van der Waals surface area (Å²) in [6.45, 7) is 9.22. The molecule has 2 atom stereocenters. The highest BCUT2D eigenvalue weighted by Crippen LogP contribution is 2.33. The highest BCUT2D eigenvalue weighted by Gasteiger charge is 2.25. The molecule has 150 valence electrons. The Balaban J connectivity index is 1.80. The second-order valence-electron chi connectivity index (χ2n) is 8.27. The molecule has 1 aromatic carbocycles. The zero-order chi connectivity index (χ0) is 19.9. The molecule has 0 amide bonds. The van der Waals surface area contributed by atoms with E-state index in [4.69, 9.17) is 4.74 Å². The summed E-state index contributed by atoms with van der Waals surface area (Å²) in [7, 11) is 0. The molecule has 0 fully saturated rings. The molecular weight excluding hydrogens is 342 g/mol. The van der Waals surface area contributed by atoms with Crippen LogP contribution >= 0.6 is 0 Å². The first kappa shape index (κ1) is 21.4. The number of esters is 1. The maximum Gasteiger partial charge on any atom is 0.336 e. The van der Waals surface area contributed by atoms with Gasteiger partial charge >= 0.3 is 5.97 Å². The van der Waals surface area contributed by atoms with Gasteiger partial charge in [0.25, 0.3) is 0 Å². The first-order valence-corrected chi connectivity index (χ1v) is 9.96. The summed E-state index contributed by atoms with van der Waals surface area (Å²) in [4.78, 5) is 13.5. The van der Waals surface area contributed by atoms with E-state index >= 15 is 0 Å². The van der Waals surface area contributed by atoms with Crippen molar-refractivity contribution in [1.82, 2.24) is 15.0 Å². The maximum atomic E-state index is 12.1. The molecule has 2 aromatic rings. The lowest BCUT2D eigenvalue weighted by molar-refractivity contribution is -0.155. The van der Waals surface area contributed by atoms with Crippen molar-refractivity contribution in [3.63, 3.8) is 0 Å². The summed E-state index contributed by atoms with van der Waals surface area (Å²) in [6, 6.07) is 7.43. The Morgan fingerprint density at radius 1 is 1.15 bits per heavy atom. The van der Waals surface area contributed by atoms with E-state index in [0.29, 0.717) is 12.5 Å². The smallest absolute Gasteiger partial charge is 0.336 e. The molecule has 0 aliphatic heterocycles. The molecule has 6 heteroatoms. The lowest BCUT2D eigenvalue weighted by Crippen LogP contribution is -2.30. The summed E-state index contributed by atoms with van der Waals surface area (Å²) in [6.07, 6.45) is 4.33. The highest BCUT2D eigenvalue weighted by molar-refractivity contribution is 5.75. The zero-order valence-electron chi connectivity index (χ0n) is 17.0. The van der Waals surface area contributed by atoms with Crippen molar-refractivity contribution in [3.05, 3.63) is 24.3 Å². The van der Waals surface area contributed by atoms with Crippen LogP contribution in [0, 0.1) is 11.3 Å². The van der Waals surface area contributed by atoms with Gasteiger partial charge < -0.3 is 9.84 Å². The number of hydrogen-bond donors (Lipinski definition) is 1. The maximum absolute atomic E-state index is 12.1. The number of ether oxygens (including phenoxy) is 1. The van der Waals surface area contributed by atoms with Crippen LogP contribution in [-0.4, -0.2) is 38.8 Å². The first-order valence-electron chi connectivity index (χ1n) is 9.96. The number of fused-ring (bicyclic) bond motifs is 1. The predicted octanol–water partition coefficient (Wildman–Crippen LogP) is 3.97. The predicted molar refractivity (Wildman–Crippen MR) is 106 cm³/mol. The Morgan fingerprint density at radius 2 is 1.78 bits per heavy atom. The molecule has 0 bridgehead atoms. The third-order valence-corrected chi connectivity index (χ3v) is 5.03. The molecule has 0 saturated carbocycles. The molecule has 1 heterocycles.